The second kappa shape index (κ2) is 6.72. The van der Waals surface area contributed by atoms with Crippen LogP contribution in [0.1, 0.15) is 32.8 Å². The van der Waals surface area contributed by atoms with E-state index in [9.17, 15) is 13.6 Å². The van der Waals surface area contributed by atoms with E-state index >= 15 is 0 Å². The molecule has 1 aromatic carbocycles. The molecule has 1 aromatic rings. The zero-order valence-electron chi connectivity index (χ0n) is 16.0. The van der Waals surface area contributed by atoms with Crippen molar-refractivity contribution >= 4 is 23.4 Å². The molecule has 4 rings (SSSR count). The van der Waals surface area contributed by atoms with Crippen molar-refractivity contribution in [1.82, 2.24) is 15.1 Å². The maximum absolute atomic E-state index is 13.9. The van der Waals surface area contributed by atoms with Gasteiger partial charge in [-0.1, -0.05) is 0 Å². The van der Waals surface area contributed by atoms with Gasteiger partial charge in [-0.15, -0.1) is 0 Å². The van der Waals surface area contributed by atoms with Crippen LogP contribution in [0.25, 0.3) is 0 Å². The third-order valence-corrected chi connectivity index (χ3v) is 5.54. The van der Waals surface area contributed by atoms with E-state index in [1.54, 1.807) is 4.90 Å². The van der Waals surface area contributed by atoms with Gasteiger partial charge in [0.15, 0.2) is 16.7 Å². The molecule has 6 nitrogen and oxygen atoms in total. The van der Waals surface area contributed by atoms with Gasteiger partial charge in [0.05, 0.1) is 12.1 Å². The summed E-state index contributed by atoms with van der Waals surface area (Å²) in [6.45, 7) is 6.27. The Morgan fingerprint density at radius 3 is 2.82 bits per heavy atom. The number of amides is 1. The first-order valence-electron chi connectivity index (χ1n) is 9.33. The number of carbonyl (C=O) groups excluding carboxylic acids is 1. The number of hydrogen-bond donors (Lipinski definition) is 1. The highest BCUT2D eigenvalue weighted by molar-refractivity contribution is 7.80. The highest BCUT2D eigenvalue weighted by atomic mass is 32.1. The van der Waals surface area contributed by atoms with Crippen LogP contribution in [0.3, 0.4) is 0 Å². The molecule has 3 aliphatic rings. The van der Waals surface area contributed by atoms with Gasteiger partial charge in [-0.05, 0) is 45.5 Å². The molecule has 3 aliphatic heterocycles. The van der Waals surface area contributed by atoms with Crippen LogP contribution in [0.5, 0.6) is 5.75 Å². The monoisotopic (exact) mass is 411 g/mol. The third-order valence-electron chi connectivity index (χ3n) is 5.21. The van der Waals surface area contributed by atoms with Crippen molar-refractivity contribution in [3.05, 3.63) is 29.3 Å². The molecule has 0 bridgehead atoms. The van der Waals surface area contributed by atoms with Gasteiger partial charge in [0.2, 0.25) is 0 Å². The van der Waals surface area contributed by atoms with Crippen LogP contribution in [0, 0.1) is 11.6 Å². The number of nitrogens with zero attached hydrogens (tertiary/aromatic N) is 2. The van der Waals surface area contributed by atoms with Crippen molar-refractivity contribution < 1.29 is 23.0 Å². The zero-order valence-corrected chi connectivity index (χ0v) is 16.8. The molecule has 152 valence electrons. The quantitative estimate of drug-likeness (QED) is 0.718. The second-order valence-corrected chi connectivity index (χ2v) is 8.76. The highest BCUT2D eigenvalue weighted by Crippen LogP contribution is 2.35. The molecule has 1 amide bonds. The summed E-state index contributed by atoms with van der Waals surface area (Å²) < 4.78 is 38.6. The first kappa shape index (κ1) is 19.2. The predicted octanol–water partition coefficient (Wildman–Crippen LogP) is 2.79. The van der Waals surface area contributed by atoms with E-state index in [0.29, 0.717) is 23.6 Å². The fourth-order valence-electron chi connectivity index (χ4n) is 4.15. The number of benzene rings is 1. The minimum absolute atomic E-state index is 0.0337. The maximum Gasteiger partial charge on any atom is 0.412 e. The summed E-state index contributed by atoms with van der Waals surface area (Å²) in [6, 6.07) is 1.93. The van der Waals surface area contributed by atoms with Crippen LogP contribution in [0.15, 0.2) is 12.1 Å². The summed E-state index contributed by atoms with van der Waals surface area (Å²) in [7, 11) is 0. The van der Waals surface area contributed by atoms with E-state index in [-0.39, 0.29) is 36.7 Å². The van der Waals surface area contributed by atoms with Crippen LogP contribution in [-0.2, 0) is 11.2 Å². The van der Waals surface area contributed by atoms with Crippen LogP contribution < -0.4 is 10.1 Å². The largest absolute Gasteiger partial charge is 0.488 e. The number of carbonyl (C=O) groups is 1. The Morgan fingerprint density at radius 2 is 2.11 bits per heavy atom. The van der Waals surface area contributed by atoms with E-state index in [1.165, 1.54) is 6.07 Å². The number of halogens is 2. The summed E-state index contributed by atoms with van der Waals surface area (Å²) in [6.07, 6.45) is 0.471. The third kappa shape index (κ3) is 3.36. The maximum atomic E-state index is 13.9. The molecule has 28 heavy (non-hydrogen) atoms. The van der Waals surface area contributed by atoms with Crippen LogP contribution in [0.2, 0.25) is 0 Å². The topological polar surface area (TPSA) is 54.0 Å². The van der Waals surface area contributed by atoms with Gasteiger partial charge in [0.25, 0.3) is 0 Å². The molecular formula is C19H23F2N3O3S. The van der Waals surface area contributed by atoms with E-state index in [4.69, 9.17) is 21.7 Å². The van der Waals surface area contributed by atoms with Gasteiger partial charge < -0.3 is 19.7 Å². The Balaban J connectivity index is 1.51. The minimum Gasteiger partial charge on any atom is -0.488 e. The Bertz CT molecular complexity index is 829. The Hall–Kier alpha value is -2.16. The molecule has 0 radical (unpaired) electrons. The number of ether oxygens (including phenoxy) is 2. The lowest BCUT2D eigenvalue weighted by Gasteiger charge is -2.36. The first-order valence-corrected chi connectivity index (χ1v) is 9.74. The minimum atomic E-state index is -0.689. The van der Waals surface area contributed by atoms with Crippen LogP contribution in [0.4, 0.5) is 13.6 Å². The SMILES string of the molecule is CC(C)(C)OC(=O)N1CCC2C1NC(=S)N2[C@@H]1COc2c(F)cc(F)cc2C1. The van der Waals surface area contributed by atoms with Gasteiger partial charge in [-0.3, -0.25) is 4.90 Å². The molecular weight excluding hydrogens is 388 g/mol. The molecule has 2 fully saturated rings. The molecule has 2 saturated heterocycles. The lowest BCUT2D eigenvalue weighted by atomic mass is 10.00. The molecule has 3 atom stereocenters. The average molecular weight is 411 g/mol. The standard InChI is InChI=1S/C19H23F2N3O3S/c1-19(2,3)27-18(25)23-5-4-14-16(23)22-17(28)24(14)12-7-10-6-11(20)8-13(21)15(10)26-9-12/h6,8,12,14,16H,4-5,7,9H2,1-3H3,(H,22,28)/t12-,14?,16?/m0/s1. The summed E-state index contributed by atoms with van der Waals surface area (Å²) in [5.74, 6) is -1.21. The first-order chi connectivity index (χ1) is 13.1. The van der Waals surface area contributed by atoms with Crippen molar-refractivity contribution in [2.45, 2.75) is 57.5 Å². The van der Waals surface area contributed by atoms with E-state index < -0.39 is 17.2 Å². The van der Waals surface area contributed by atoms with Crippen molar-refractivity contribution in [2.24, 2.45) is 0 Å². The summed E-state index contributed by atoms with van der Waals surface area (Å²) in [5.41, 5.74) is -0.0924. The summed E-state index contributed by atoms with van der Waals surface area (Å²) in [4.78, 5) is 16.2. The molecule has 0 aliphatic carbocycles. The van der Waals surface area contributed by atoms with Crippen molar-refractivity contribution in [1.29, 1.82) is 0 Å². The van der Waals surface area contributed by atoms with Gasteiger partial charge in [-0.25, -0.2) is 13.6 Å². The molecule has 0 aromatic heterocycles. The Morgan fingerprint density at radius 1 is 1.36 bits per heavy atom. The van der Waals surface area contributed by atoms with Crippen molar-refractivity contribution in [3.63, 3.8) is 0 Å². The summed E-state index contributed by atoms with van der Waals surface area (Å²) >= 11 is 5.51. The van der Waals surface area contributed by atoms with E-state index in [1.807, 2.05) is 25.7 Å². The zero-order chi connectivity index (χ0) is 20.2. The number of fused-ring (bicyclic) bond motifs is 2. The molecule has 9 heteroatoms. The Kier molecular flexibility index (Phi) is 4.60. The number of rotatable bonds is 1. The number of nitrogens with one attached hydrogen (secondary N) is 1. The lowest BCUT2D eigenvalue weighted by molar-refractivity contribution is 0.0203. The normalized spacial score (nSPS) is 26.5. The predicted molar refractivity (Wildman–Crippen MR) is 102 cm³/mol. The van der Waals surface area contributed by atoms with Gasteiger partial charge in [0, 0.05) is 24.6 Å². The van der Waals surface area contributed by atoms with Crippen LogP contribution in [-0.4, -0.2) is 58.0 Å². The summed E-state index contributed by atoms with van der Waals surface area (Å²) in [5, 5.41) is 3.72. The molecule has 1 N–H and O–H groups in total. The van der Waals surface area contributed by atoms with Gasteiger partial charge in [-0.2, -0.15) is 0 Å². The van der Waals surface area contributed by atoms with Crippen LogP contribution >= 0.6 is 12.2 Å². The van der Waals surface area contributed by atoms with Crippen molar-refractivity contribution in [3.8, 4) is 5.75 Å². The van der Waals surface area contributed by atoms with Crippen molar-refractivity contribution in [2.75, 3.05) is 13.2 Å². The molecule has 0 spiro atoms. The Labute approximate surface area is 167 Å². The fourth-order valence-corrected chi connectivity index (χ4v) is 4.56. The van der Waals surface area contributed by atoms with E-state index in [0.717, 1.165) is 12.5 Å². The highest BCUT2D eigenvalue weighted by Gasteiger charge is 2.50. The molecule has 2 unspecified atom stereocenters. The molecule has 3 heterocycles. The second-order valence-electron chi connectivity index (χ2n) is 8.38. The number of thiocarbonyl (C=S) groups is 1. The number of likely N-dealkylation sites (tertiary alicyclic amines) is 1. The number of hydrogen-bond acceptors (Lipinski definition) is 4. The smallest absolute Gasteiger partial charge is 0.412 e. The molecule has 0 saturated carbocycles. The fraction of sp³-hybridized carbons (Fsp3) is 0.579. The van der Waals surface area contributed by atoms with E-state index in [2.05, 4.69) is 5.32 Å². The lowest BCUT2D eigenvalue weighted by Crippen LogP contribution is -2.49. The van der Waals surface area contributed by atoms with Gasteiger partial charge >= 0.3 is 6.09 Å². The average Bonchev–Trinajstić information content (AvgIpc) is 3.10. The van der Waals surface area contributed by atoms with Gasteiger partial charge in [0.1, 0.15) is 24.2 Å².